The zero-order chi connectivity index (χ0) is 15.3. The molecule has 1 fully saturated rings. The average molecular weight is 306 g/mol. The molecule has 0 saturated heterocycles. The minimum atomic E-state index is -3.48. The smallest absolute Gasteiger partial charge is 0.306 e. The van der Waals surface area contributed by atoms with E-state index in [1.165, 1.54) is 18.5 Å². The van der Waals surface area contributed by atoms with Crippen LogP contribution in [0.3, 0.4) is 0 Å². The van der Waals surface area contributed by atoms with Gasteiger partial charge in [-0.05, 0) is 25.2 Å². The van der Waals surface area contributed by atoms with Crippen LogP contribution in [0.1, 0.15) is 39.5 Å². The molecule has 0 aromatic carbocycles. The van der Waals surface area contributed by atoms with Gasteiger partial charge in [0.25, 0.3) is 10.2 Å². The number of carbonyl (C=O) groups is 1. The number of hydrogen-bond donors (Lipinski definition) is 0. The van der Waals surface area contributed by atoms with E-state index in [2.05, 4.69) is 18.6 Å². The summed E-state index contributed by atoms with van der Waals surface area (Å²) in [5.74, 6) is 0.0685. The van der Waals surface area contributed by atoms with Crippen molar-refractivity contribution in [2.24, 2.45) is 5.92 Å². The molecule has 0 heterocycles. The first-order valence-corrected chi connectivity index (χ1v) is 8.48. The summed E-state index contributed by atoms with van der Waals surface area (Å²) in [5.41, 5.74) is 0. The Morgan fingerprint density at radius 2 is 1.90 bits per heavy atom. The van der Waals surface area contributed by atoms with E-state index < -0.39 is 16.2 Å². The van der Waals surface area contributed by atoms with E-state index in [0.29, 0.717) is 12.5 Å². The number of methoxy groups -OCH3 is 1. The molecule has 0 spiro atoms. The second-order valence-electron chi connectivity index (χ2n) is 5.68. The van der Waals surface area contributed by atoms with Gasteiger partial charge in [0.15, 0.2) is 0 Å². The van der Waals surface area contributed by atoms with Crippen molar-refractivity contribution in [2.75, 3.05) is 27.2 Å². The third-order valence-corrected chi connectivity index (χ3v) is 5.47. The molecule has 20 heavy (non-hydrogen) atoms. The Morgan fingerprint density at radius 3 is 2.35 bits per heavy atom. The summed E-state index contributed by atoms with van der Waals surface area (Å²) in [6, 6.07) is 0.138. The van der Waals surface area contributed by atoms with Gasteiger partial charge < -0.3 is 4.74 Å². The van der Waals surface area contributed by atoms with Crippen molar-refractivity contribution in [3.8, 4) is 0 Å². The quantitative estimate of drug-likeness (QED) is 0.601. The zero-order valence-electron chi connectivity index (χ0n) is 12.8. The highest BCUT2D eigenvalue weighted by Gasteiger charge is 2.38. The van der Waals surface area contributed by atoms with Crippen LogP contribution in [0, 0.1) is 5.92 Å². The highest BCUT2D eigenvalue weighted by molar-refractivity contribution is 7.86. The third kappa shape index (κ3) is 5.03. The van der Waals surface area contributed by atoms with Gasteiger partial charge in [-0.25, -0.2) is 0 Å². The van der Waals surface area contributed by atoms with Crippen LogP contribution >= 0.6 is 0 Å². The SMILES string of the molecule is COC(=O)CCN(C)S(=O)(=O)N(CCC(C)C)C1CC1. The number of ether oxygens (including phenoxy) is 1. The third-order valence-electron chi connectivity index (χ3n) is 3.43. The van der Waals surface area contributed by atoms with Gasteiger partial charge in [-0.15, -0.1) is 0 Å². The summed E-state index contributed by atoms with van der Waals surface area (Å²) >= 11 is 0. The first-order valence-electron chi connectivity index (χ1n) is 7.09. The molecule has 1 saturated carbocycles. The van der Waals surface area contributed by atoms with Crippen LogP contribution < -0.4 is 0 Å². The van der Waals surface area contributed by atoms with Gasteiger partial charge in [0.1, 0.15) is 0 Å². The number of esters is 1. The zero-order valence-corrected chi connectivity index (χ0v) is 13.6. The summed E-state index contributed by atoms with van der Waals surface area (Å²) in [6.45, 7) is 4.87. The van der Waals surface area contributed by atoms with E-state index in [1.807, 2.05) is 0 Å². The maximum absolute atomic E-state index is 12.5. The minimum absolute atomic E-state index is 0.0783. The fourth-order valence-electron chi connectivity index (χ4n) is 1.88. The molecule has 0 N–H and O–H groups in total. The topological polar surface area (TPSA) is 66.9 Å². The lowest BCUT2D eigenvalue weighted by Gasteiger charge is -2.27. The molecule has 0 bridgehead atoms. The van der Waals surface area contributed by atoms with E-state index in [1.54, 1.807) is 4.31 Å². The van der Waals surface area contributed by atoms with Crippen molar-refractivity contribution in [3.63, 3.8) is 0 Å². The largest absolute Gasteiger partial charge is 0.469 e. The molecule has 7 heteroatoms. The fraction of sp³-hybridized carbons (Fsp3) is 0.923. The van der Waals surface area contributed by atoms with Crippen LogP contribution in [0.25, 0.3) is 0 Å². The van der Waals surface area contributed by atoms with E-state index in [9.17, 15) is 13.2 Å². The second-order valence-corrected chi connectivity index (χ2v) is 7.67. The van der Waals surface area contributed by atoms with Crippen LogP contribution in [-0.2, 0) is 19.7 Å². The lowest BCUT2D eigenvalue weighted by Crippen LogP contribution is -2.44. The first-order chi connectivity index (χ1) is 9.28. The lowest BCUT2D eigenvalue weighted by molar-refractivity contribution is -0.140. The van der Waals surface area contributed by atoms with Gasteiger partial charge >= 0.3 is 5.97 Å². The average Bonchev–Trinajstić information content (AvgIpc) is 3.19. The van der Waals surface area contributed by atoms with Crippen LogP contribution in [0.15, 0.2) is 0 Å². The van der Waals surface area contributed by atoms with Crippen molar-refractivity contribution >= 4 is 16.2 Å². The Bertz CT molecular complexity index is 418. The summed E-state index contributed by atoms with van der Waals surface area (Å²) < 4.78 is 32.4. The van der Waals surface area contributed by atoms with E-state index in [0.717, 1.165) is 19.3 Å². The lowest BCUT2D eigenvalue weighted by atomic mass is 10.1. The van der Waals surface area contributed by atoms with Gasteiger partial charge in [-0.1, -0.05) is 13.8 Å². The maximum Gasteiger partial charge on any atom is 0.306 e. The summed E-state index contributed by atoms with van der Waals surface area (Å²) in [4.78, 5) is 11.1. The van der Waals surface area contributed by atoms with Gasteiger partial charge in [0, 0.05) is 26.2 Å². The van der Waals surface area contributed by atoms with Crippen molar-refractivity contribution in [2.45, 2.75) is 45.6 Å². The molecule has 6 nitrogen and oxygen atoms in total. The van der Waals surface area contributed by atoms with Crippen molar-refractivity contribution < 1.29 is 17.9 Å². The summed E-state index contributed by atoms with van der Waals surface area (Å²) in [6.07, 6.45) is 2.79. The van der Waals surface area contributed by atoms with E-state index in [-0.39, 0.29) is 19.0 Å². The monoisotopic (exact) mass is 306 g/mol. The van der Waals surface area contributed by atoms with E-state index >= 15 is 0 Å². The molecule has 1 aliphatic carbocycles. The molecule has 0 aromatic rings. The Morgan fingerprint density at radius 1 is 1.30 bits per heavy atom. The summed E-state index contributed by atoms with van der Waals surface area (Å²) in [7, 11) is -0.660. The molecule has 1 rings (SSSR count). The minimum Gasteiger partial charge on any atom is -0.469 e. The molecule has 0 amide bonds. The summed E-state index contributed by atoms with van der Waals surface area (Å²) in [5, 5.41) is 0. The molecule has 1 aliphatic rings. The standard InChI is InChI=1S/C13H26N2O4S/c1-11(2)7-10-15(12-5-6-12)20(17,18)14(3)9-8-13(16)19-4/h11-12H,5-10H2,1-4H3. The predicted octanol–water partition coefficient (Wildman–Crippen LogP) is 1.24. The van der Waals surface area contributed by atoms with Crippen LogP contribution in [0.2, 0.25) is 0 Å². The van der Waals surface area contributed by atoms with Gasteiger partial charge in [-0.3, -0.25) is 4.79 Å². The Kier molecular flexibility index (Phi) is 6.42. The van der Waals surface area contributed by atoms with Crippen LogP contribution in [0.4, 0.5) is 0 Å². The fourth-order valence-corrected chi connectivity index (χ4v) is 3.48. The molecule has 0 unspecified atom stereocenters. The first kappa shape index (κ1) is 17.4. The van der Waals surface area contributed by atoms with Gasteiger partial charge in [0.2, 0.25) is 0 Å². The predicted molar refractivity (Wildman–Crippen MR) is 77.4 cm³/mol. The molecular weight excluding hydrogens is 280 g/mol. The molecular formula is C13H26N2O4S. The van der Waals surface area contributed by atoms with Gasteiger partial charge in [0.05, 0.1) is 13.5 Å². The van der Waals surface area contributed by atoms with E-state index in [4.69, 9.17) is 0 Å². The number of carbonyl (C=O) groups excluding carboxylic acids is 1. The van der Waals surface area contributed by atoms with Crippen molar-refractivity contribution in [1.29, 1.82) is 0 Å². The molecule has 118 valence electrons. The number of rotatable bonds is 9. The van der Waals surface area contributed by atoms with Crippen LogP contribution in [0.5, 0.6) is 0 Å². The normalized spacial score (nSPS) is 16.1. The Balaban J connectivity index is 2.64. The maximum atomic E-state index is 12.5. The van der Waals surface area contributed by atoms with Crippen LogP contribution in [-0.4, -0.2) is 56.3 Å². The number of nitrogens with zero attached hydrogens (tertiary/aromatic N) is 2. The van der Waals surface area contributed by atoms with Crippen molar-refractivity contribution in [1.82, 2.24) is 8.61 Å². The molecule has 0 radical (unpaired) electrons. The Hall–Kier alpha value is -0.660. The Labute approximate surface area is 122 Å². The molecule has 0 aliphatic heterocycles. The second kappa shape index (κ2) is 7.38. The molecule has 0 aromatic heterocycles. The number of hydrogen-bond acceptors (Lipinski definition) is 4. The van der Waals surface area contributed by atoms with Gasteiger partial charge in [-0.2, -0.15) is 17.0 Å². The highest BCUT2D eigenvalue weighted by atomic mass is 32.2. The molecule has 0 atom stereocenters. The highest BCUT2D eigenvalue weighted by Crippen LogP contribution is 2.30. The van der Waals surface area contributed by atoms with Crippen molar-refractivity contribution in [3.05, 3.63) is 0 Å².